The van der Waals surface area contributed by atoms with Crippen LogP contribution in [0.15, 0.2) is 35.2 Å². The molecule has 0 saturated carbocycles. The summed E-state index contributed by atoms with van der Waals surface area (Å²) in [5.74, 6) is -0.547. The van der Waals surface area contributed by atoms with Gasteiger partial charge in [0.15, 0.2) is 0 Å². The first-order valence-electron chi connectivity index (χ1n) is 4.58. The third-order valence-corrected chi connectivity index (χ3v) is 3.33. The molecule has 0 aliphatic carbocycles. The maximum Gasteiger partial charge on any atom is 1.00 e. The van der Waals surface area contributed by atoms with Crippen molar-refractivity contribution in [3.8, 4) is 0 Å². The zero-order valence-corrected chi connectivity index (χ0v) is 15.5. The molecule has 18 heavy (non-hydrogen) atoms. The van der Waals surface area contributed by atoms with Crippen LogP contribution in [0.25, 0.3) is 4.72 Å². The topological polar surface area (TPSA) is 88.4 Å². The third kappa shape index (κ3) is 6.27. The van der Waals surface area contributed by atoms with Crippen molar-refractivity contribution in [2.45, 2.75) is 17.9 Å². The molecule has 0 amide bonds. The minimum Gasteiger partial charge on any atom is -0.855 e. The molecule has 1 atom stereocenters. The van der Waals surface area contributed by atoms with E-state index < -0.39 is 28.5 Å². The summed E-state index contributed by atoms with van der Waals surface area (Å²) in [6.07, 6.45) is 0. The second-order valence-electron chi connectivity index (χ2n) is 3.19. The van der Waals surface area contributed by atoms with Gasteiger partial charge in [-0.3, -0.25) is 0 Å². The van der Waals surface area contributed by atoms with Gasteiger partial charge in [0.2, 0.25) is 0 Å². The van der Waals surface area contributed by atoms with Gasteiger partial charge in [0.25, 0.3) is 0 Å². The summed E-state index contributed by atoms with van der Waals surface area (Å²) in [6.45, 7) is 0.286. The summed E-state index contributed by atoms with van der Waals surface area (Å²) >= 11 is 0. The van der Waals surface area contributed by atoms with Gasteiger partial charge in [-0.2, -0.15) is 0 Å². The minimum absolute atomic E-state index is 0. The molecule has 5 nitrogen and oxygen atoms in total. The molecule has 1 rings (SSSR count). The van der Waals surface area contributed by atoms with Gasteiger partial charge in [-0.1, -0.05) is 24.2 Å². The Morgan fingerprint density at radius 2 is 1.78 bits per heavy atom. The van der Waals surface area contributed by atoms with E-state index >= 15 is 0 Å². The molecule has 88 valence electrons. The fraction of sp³-hybridized carbons (Fsp3) is 0.300. The second-order valence-corrected chi connectivity index (χ2v) is 4.82. The predicted octanol–water partition coefficient (Wildman–Crippen LogP) is -5.93. The van der Waals surface area contributed by atoms with E-state index in [0.29, 0.717) is 0 Å². The first-order chi connectivity index (χ1) is 7.47. The van der Waals surface area contributed by atoms with Crippen LogP contribution in [0.2, 0.25) is 0 Å². The van der Waals surface area contributed by atoms with Crippen LogP contribution >= 0.6 is 0 Å². The molecule has 0 radical (unpaired) electrons. The Morgan fingerprint density at radius 3 is 2.17 bits per heavy atom. The number of benzene rings is 1. The van der Waals surface area contributed by atoms with Gasteiger partial charge >= 0.3 is 59.1 Å². The summed E-state index contributed by atoms with van der Waals surface area (Å²) in [6, 6.07) is 6.15. The maximum absolute atomic E-state index is 11.6. The Morgan fingerprint density at radius 1 is 1.28 bits per heavy atom. The molecule has 0 unspecified atom stereocenters. The van der Waals surface area contributed by atoms with Gasteiger partial charge in [-0.05, 0) is 19.1 Å². The van der Waals surface area contributed by atoms with Crippen LogP contribution in [-0.4, -0.2) is 26.8 Å². The average Bonchev–Trinajstić information content (AvgIpc) is 2.27. The SMILES string of the molecule is CC(=O)[C@H](C[O-])[N-]S(=O)(=O)c1ccccc1.[Na+].[Na+]. The van der Waals surface area contributed by atoms with E-state index in [0.717, 1.165) is 6.92 Å². The van der Waals surface area contributed by atoms with Crippen molar-refractivity contribution in [2.24, 2.45) is 0 Å². The smallest absolute Gasteiger partial charge is 0.855 e. The van der Waals surface area contributed by atoms with E-state index in [1.54, 1.807) is 18.2 Å². The zero-order chi connectivity index (χ0) is 12.2. The zero-order valence-electron chi connectivity index (χ0n) is 10.7. The largest absolute Gasteiger partial charge is 1.00 e. The molecule has 0 aromatic heterocycles. The van der Waals surface area contributed by atoms with Crippen LogP contribution in [0.3, 0.4) is 0 Å². The number of hydrogen-bond acceptors (Lipinski definition) is 4. The Hall–Kier alpha value is 0.760. The number of ketones is 1. The molecule has 0 saturated heterocycles. The number of carbonyl (C=O) groups excluding carboxylic acids is 1. The van der Waals surface area contributed by atoms with Crippen molar-refractivity contribution in [1.82, 2.24) is 0 Å². The summed E-state index contributed by atoms with van der Waals surface area (Å²) in [7, 11) is -3.91. The molecular formula is C10H11NNa2O4S. The van der Waals surface area contributed by atoms with Gasteiger partial charge in [0.1, 0.15) is 15.8 Å². The number of carbonyl (C=O) groups is 1. The van der Waals surface area contributed by atoms with Gasteiger partial charge in [0, 0.05) is 4.90 Å². The van der Waals surface area contributed by atoms with Gasteiger partial charge in [-0.25, -0.2) is 8.42 Å². The van der Waals surface area contributed by atoms with Crippen LogP contribution < -0.4 is 64.2 Å². The van der Waals surface area contributed by atoms with Gasteiger partial charge in [0.05, 0.1) is 0 Å². The molecule has 0 aliphatic rings. The molecular weight excluding hydrogens is 276 g/mol. The Kier molecular flexibility index (Phi) is 11.3. The van der Waals surface area contributed by atoms with Crippen LogP contribution in [0.5, 0.6) is 0 Å². The van der Waals surface area contributed by atoms with Gasteiger partial charge < -0.3 is 14.6 Å². The molecule has 0 bridgehead atoms. The van der Waals surface area contributed by atoms with Crippen molar-refractivity contribution >= 4 is 15.8 Å². The Labute approximate surface area is 151 Å². The first-order valence-corrected chi connectivity index (χ1v) is 6.02. The fourth-order valence-electron chi connectivity index (χ4n) is 1.04. The Balaban J connectivity index is 0. The van der Waals surface area contributed by atoms with Crippen molar-refractivity contribution in [3.63, 3.8) is 0 Å². The number of sulfonamides is 1. The van der Waals surface area contributed by atoms with Crippen LogP contribution in [0, 0.1) is 0 Å². The first kappa shape index (κ1) is 21.1. The van der Waals surface area contributed by atoms with E-state index in [9.17, 15) is 18.3 Å². The third-order valence-electron chi connectivity index (χ3n) is 1.93. The molecule has 8 heteroatoms. The van der Waals surface area contributed by atoms with E-state index in [1.165, 1.54) is 12.1 Å². The molecule has 0 spiro atoms. The standard InChI is InChI=1S/C10H11NO4S.2Na/c1-8(13)10(7-12)11-16(14,15)9-5-3-2-4-6-9;;/h2-6,10H,7H2,1H3;;/q-2;2*+1/t10-;;/m0../s1. The predicted molar refractivity (Wildman–Crippen MR) is 56.3 cm³/mol. The molecule has 1 aromatic carbocycles. The molecule has 0 aliphatic heterocycles. The maximum atomic E-state index is 11.6. The summed E-state index contributed by atoms with van der Waals surface area (Å²) in [4.78, 5) is 10.9. The van der Waals surface area contributed by atoms with E-state index in [1.807, 2.05) is 0 Å². The number of Topliss-reactive ketones (excluding diaryl/α,β-unsaturated/α-hetero) is 1. The monoisotopic (exact) mass is 287 g/mol. The summed E-state index contributed by atoms with van der Waals surface area (Å²) < 4.78 is 26.6. The normalized spacial score (nSPS) is 11.9. The molecule has 1 aromatic rings. The van der Waals surface area contributed by atoms with Crippen molar-refractivity contribution in [3.05, 3.63) is 35.1 Å². The van der Waals surface area contributed by atoms with Crippen LogP contribution in [0.4, 0.5) is 0 Å². The molecule has 0 heterocycles. The van der Waals surface area contributed by atoms with Crippen LogP contribution in [0.1, 0.15) is 6.92 Å². The molecule has 0 fully saturated rings. The van der Waals surface area contributed by atoms with Crippen molar-refractivity contribution < 1.29 is 77.4 Å². The average molecular weight is 287 g/mol. The summed E-state index contributed by atoms with van der Waals surface area (Å²) in [5.41, 5.74) is 0. The fourth-order valence-corrected chi connectivity index (χ4v) is 2.21. The molecule has 0 N–H and O–H groups in total. The minimum atomic E-state index is -3.91. The van der Waals surface area contributed by atoms with Crippen LogP contribution in [-0.2, 0) is 14.8 Å². The Bertz CT molecular complexity index is 464. The summed E-state index contributed by atoms with van der Waals surface area (Å²) in [5, 5.41) is 10.6. The van der Waals surface area contributed by atoms with E-state index in [2.05, 4.69) is 4.72 Å². The van der Waals surface area contributed by atoms with E-state index in [4.69, 9.17) is 0 Å². The van der Waals surface area contributed by atoms with E-state index in [-0.39, 0.29) is 64.0 Å². The van der Waals surface area contributed by atoms with Crippen molar-refractivity contribution in [1.29, 1.82) is 0 Å². The number of hydrogen-bond donors (Lipinski definition) is 0. The number of nitrogens with zero attached hydrogens (tertiary/aromatic N) is 1. The number of rotatable bonds is 5. The van der Waals surface area contributed by atoms with Gasteiger partial charge in [-0.15, -0.1) is 6.61 Å². The second kappa shape index (κ2) is 9.63. The van der Waals surface area contributed by atoms with Crippen molar-refractivity contribution in [2.75, 3.05) is 6.61 Å². The quantitative estimate of drug-likeness (QED) is 0.505.